The summed E-state index contributed by atoms with van der Waals surface area (Å²) in [6.45, 7) is 2.02. The topological polar surface area (TPSA) is 58.4 Å². The second-order valence-electron chi connectivity index (χ2n) is 6.72. The molecular weight excluding hydrogens is 274 g/mol. The predicted molar refractivity (Wildman–Crippen MR) is 89.8 cm³/mol. The molecule has 0 spiro atoms. The Labute approximate surface area is 133 Å². The third-order valence-electron chi connectivity index (χ3n) is 5.15. The highest BCUT2D eigenvalue weighted by atomic mass is 16.1. The average Bonchev–Trinajstić information content (AvgIpc) is 2.94. The summed E-state index contributed by atoms with van der Waals surface area (Å²) in [4.78, 5) is 14.6. The lowest BCUT2D eigenvalue weighted by Crippen LogP contribution is -2.45. The molecule has 1 saturated carbocycles. The molecule has 1 saturated heterocycles. The largest absolute Gasteiger partial charge is 0.371 e. The summed E-state index contributed by atoms with van der Waals surface area (Å²) in [5.74, 6) is 0.588. The minimum Gasteiger partial charge on any atom is -0.371 e. The molecule has 4 nitrogen and oxygen atoms in total. The first-order valence-electron chi connectivity index (χ1n) is 8.57. The van der Waals surface area contributed by atoms with E-state index in [1.165, 1.54) is 12.1 Å². The predicted octanol–water partition coefficient (Wildman–Crippen LogP) is 2.29. The molecule has 2 aliphatic rings. The van der Waals surface area contributed by atoms with Gasteiger partial charge in [-0.25, -0.2) is 0 Å². The quantitative estimate of drug-likeness (QED) is 0.897. The monoisotopic (exact) mass is 301 g/mol. The van der Waals surface area contributed by atoms with Crippen LogP contribution in [-0.4, -0.2) is 31.1 Å². The van der Waals surface area contributed by atoms with Gasteiger partial charge >= 0.3 is 0 Å². The molecule has 3 rings (SSSR count). The van der Waals surface area contributed by atoms with Crippen molar-refractivity contribution in [2.45, 2.75) is 50.6 Å². The minimum atomic E-state index is 0.195. The number of para-hydroxylation sites is 1. The van der Waals surface area contributed by atoms with Gasteiger partial charge in [-0.3, -0.25) is 4.79 Å². The Kier molecular flexibility index (Phi) is 4.98. The van der Waals surface area contributed by atoms with Crippen LogP contribution in [0.2, 0.25) is 0 Å². The molecule has 1 amide bonds. The molecule has 22 heavy (non-hydrogen) atoms. The van der Waals surface area contributed by atoms with Gasteiger partial charge in [0.2, 0.25) is 5.91 Å². The summed E-state index contributed by atoms with van der Waals surface area (Å²) in [5, 5.41) is 3.22. The van der Waals surface area contributed by atoms with Gasteiger partial charge < -0.3 is 16.0 Å². The maximum atomic E-state index is 12.2. The van der Waals surface area contributed by atoms with E-state index < -0.39 is 0 Å². The van der Waals surface area contributed by atoms with E-state index in [-0.39, 0.29) is 11.9 Å². The number of piperidine rings is 1. The van der Waals surface area contributed by atoms with Crippen molar-refractivity contribution in [1.29, 1.82) is 0 Å². The Morgan fingerprint density at radius 1 is 1.14 bits per heavy atom. The molecule has 4 heteroatoms. The number of anilines is 1. The number of benzene rings is 1. The summed E-state index contributed by atoms with van der Waals surface area (Å²) in [6, 6.07) is 11.1. The van der Waals surface area contributed by atoms with E-state index in [0.717, 1.165) is 38.8 Å². The fourth-order valence-corrected chi connectivity index (χ4v) is 3.76. The summed E-state index contributed by atoms with van der Waals surface area (Å²) in [5.41, 5.74) is 7.34. The van der Waals surface area contributed by atoms with E-state index in [9.17, 15) is 4.79 Å². The Balaban J connectivity index is 1.43. The molecule has 0 aromatic heterocycles. The van der Waals surface area contributed by atoms with Gasteiger partial charge in [0.25, 0.3) is 0 Å². The molecule has 2 atom stereocenters. The molecule has 0 unspecified atom stereocenters. The molecule has 2 fully saturated rings. The molecule has 3 N–H and O–H groups in total. The molecule has 0 bridgehead atoms. The highest BCUT2D eigenvalue weighted by Gasteiger charge is 2.27. The first-order chi connectivity index (χ1) is 10.7. The zero-order valence-electron chi connectivity index (χ0n) is 13.2. The Morgan fingerprint density at radius 2 is 1.86 bits per heavy atom. The van der Waals surface area contributed by atoms with E-state index in [1.54, 1.807) is 0 Å². The molecule has 1 heterocycles. The minimum absolute atomic E-state index is 0.195. The van der Waals surface area contributed by atoms with Gasteiger partial charge in [0.1, 0.15) is 0 Å². The van der Waals surface area contributed by atoms with Gasteiger partial charge in [0.05, 0.1) is 0 Å². The molecule has 1 aromatic rings. The average molecular weight is 301 g/mol. The fraction of sp³-hybridized carbons (Fsp3) is 0.611. The number of nitrogens with two attached hydrogens (primary N) is 1. The second-order valence-corrected chi connectivity index (χ2v) is 6.72. The Morgan fingerprint density at radius 3 is 2.50 bits per heavy atom. The molecule has 1 aromatic carbocycles. The Hall–Kier alpha value is -1.55. The summed E-state index contributed by atoms with van der Waals surface area (Å²) < 4.78 is 0. The zero-order valence-corrected chi connectivity index (χ0v) is 13.2. The zero-order chi connectivity index (χ0) is 15.4. The van der Waals surface area contributed by atoms with Crippen LogP contribution in [0.3, 0.4) is 0 Å². The van der Waals surface area contributed by atoms with Crippen LogP contribution >= 0.6 is 0 Å². The number of amides is 1. The summed E-state index contributed by atoms with van der Waals surface area (Å²) in [7, 11) is 0. The van der Waals surface area contributed by atoms with Gasteiger partial charge in [-0.2, -0.15) is 0 Å². The maximum Gasteiger partial charge on any atom is 0.220 e. The lowest BCUT2D eigenvalue weighted by atomic mass is 9.98. The van der Waals surface area contributed by atoms with E-state index >= 15 is 0 Å². The smallest absolute Gasteiger partial charge is 0.220 e. The van der Waals surface area contributed by atoms with Gasteiger partial charge in [-0.15, -0.1) is 0 Å². The van der Waals surface area contributed by atoms with Gasteiger partial charge in [-0.1, -0.05) is 24.6 Å². The van der Waals surface area contributed by atoms with Crippen LogP contribution in [0.5, 0.6) is 0 Å². The maximum absolute atomic E-state index is 12.2. The van der Waals surface area contributed by atoms with E-state index in [2.05, 4.69) is 34.5 Å². The summed E-state index contributed by atoms with van der Waals surface area (Å²) >= 11 is 0. The van der Waals surface area contributed by atoms with Crippen molar-refractivity contribution in [3.05, 3.63) is 30.3 Å². The van der Waals surface area contributed by atoms with Crippen molar-refractivity contribution < 1.29 is 4.79 Å². The van der Waals surface area contributed by atoms with Gasteiger partial charge in [-0.05, 0) is 43.7 Å². The number of nitrogens with zero attached hydrogens (tertiary/aromatic N) is 1. The number of rotatable bonds is 4. The van der Waals surface area contributed by atoms with E-state index in [1.807, 2.05) is 6.07 Å². The Bertz CT molecular complexity index is 482. The number of hydrogen-bond donors (Lipinski definition) is 2. The molecule has 120 valence electrons. The van der Waals surface area contributed by atoms with Crippen molar-refractivity contribution in [3.63, 3.8) is 0 Å². The fourth-order valence-electron chi connectivity index (χ4n) is 3.76. The van der Waals surface area contributed by atoms with E-state index in [4.69, 9.17) is 5.73 Å². The van der Waals surface area contributed by atoms with Crippen LogP contribution < -0.4 is 16.0 Å². The van der Waals surface area contributed by atoms with Crippen LogP contribution in [0, 0.1) is 5.92 Å². The van der Waals surface area contributed by atoms with Crippen molar-refractivity contribution in [2.75, 3.05) is 18.0 Å². The van der Waals surface area contributed by atoms with Crippen LogP contribution in [0.1, 0.15) is 38.5 Å². The highest BCUT2D eigenvalue weighted by molar-refractivity contribution is 5.76. The van der Waals surface area contributed by atoms with Crippen molar-refractivity contribution in [1.82, 2.24) is 5.32 Å². The van der Waals surface area contributed by atoms with E-state index in [0.29, 0.717) is 18.4 Å². The molecule has 1 aliphatic carbocycles. The number of hydrogen-bond acceptors (Lipinski definition) is 3. The first-order valence-corrected chi connectivity index (χ1v) is 8.57. The van der Waals surface area contributed by atoms with Crippen LogP contribution in [0.25, 0.3) is 0 Å². The standard InChI is InChI=1S/C18H27N3O/c19-17-8-4-5-14(17)13-18(22)20-15-9-11-21(12-10-15)16-6-2-1-3-7-16/h1-3,6-7,14-15,17H,4-5,8-13,19H2,(H,20,22)/t14-,17+/m0/s1. The molecular formula is C18H27N3O. The lowest BCUT2D eigenvalue weighted by Gasteiger charge is -2.34. The van der Waals surface area contributed by atoms with Crippen LogP contribution in [-0.2, 0) is 4.79 Å². The van der Waals surface area contributed by atoms with Crippen LogP contribution in [0.15, 0.2) is 30.3 Å². The number of nitrogens with one attached hydrogen (secondary N) is 1. The van der Waals surface area contributed by atoms with Crippen molar-refractivity contribution >= 4 is 11.6 Å². The highest BCUT2D eigenvalue weighted by Crippen LogP contribution is 2.27. The van der Waals surface area contributed by atoms with Gasteiger partial charge in [0, 0.05) is 37.3 Å². The third-order valence-corrected chi connectivity index (χ3v) is 5.15. The van der Waals surface area contributed by atoms with Crippen molar-refractivity contribution in [2.24, 2.45) is 11.7 Å². The van der Waals surface area contributed by atoms with Gasteiger partial charge in [0.15, 0.2) is 0 Å². The second kappa shape index (κ2) is 7.14. The number of carbonyl (C=O) groups excluding carboxylic acids is 1. The summed E-state index contributed by atoms with van der Waals surface area (Å²) in [6.07, 6.45) is 6.03. The lowest BCUT2D eigenvalue weighted by molar-refractivity contribution is -0.122. The van der Waals surface area contributed by atoms with Crippen LogP contribution in [0.4, 0.5) is 5.69 Å². The SMILES string of the molecule is N[C@@H]1CCC[C@H]1CC(=O)NC1CCN(c2ccccc2)CC1. The first kappa shape index (κ1) is 15.3. The van der Waals surface area contributed by atoms with Crippen molar-refractivity contribution in [3.8, 4) is 0 Å². The molecule has 1 aliphatic heterocycles. The third kappa shape index (κ3) is 3.80. The number of carbonyl (C=O) groups is 1. The normalized spacial score (nSPS) is 26.1. The molecule has 0 radical (unpaired) electrons.